The van der Waals surface area contributed by atoms with Gasteiger partial charge in [-0.15, -0.1) is 0 Å². The molecule has 2 aliphatic heterocycles. The molecule has 35 heavy (non-hydrogen) atoms. The van der Waals surface area contributed by atoms with Crippen LogP contribution in [-0.2, 0) is 14.3 Å². The summed E-state index contributed by atoms with van der Waals surface area (Å²) in [4.78, 5) is 44.7. The van der Waals surface area contributed by atoms with Crippen molar-refractivity contribution < 1.29 is 23.9 Å². The van der Waals surface area contributed by atoms with E-state index >= 15 is 0 Å². The minimum atomic E-state index is -0.687. The van der Waals surface area contributed by atoms with Gasteiger partial charge >= 0.3 is 12.0 Å². The van der Waals surface area contributed by atoms with Crippen molar-refractivity contribution in [1.29, 1.82) is 0 Å². The van der Waals surface area contributed by atoms with E-state index in [4.69, 9.17) is 9.47 Å². The average Bonchev–Trinajstić information content (AvgIpc) is 3.06. The van der Waals surface area contributed by atoms with E-state index in [1.807, 2.05) is 29.2 Å². The van der Waals surface area contributed by atoms with E-state index < -0.39 is 12.0 Å². The summed E-state index contributed by atoms with van der Waals surface area (Å²) in [7, 11) is 3.24. The second kappa shape index (κ2) is 11.1. The molecule has 1 N–H and O–H groups in total. The first kappa shape index (κ1) is 25.0. The van der Waals surface area contributed by atoms with Gasteiger partial charge in [-0.3, -0.25) is 14.6 Å². The standard InChI is InChI=1S/C26H36N4O5/c1-4-35-25(32)22-20(17-29-13-8-14-30(16-15-29)24(31)18-9-7-10-18)28(2)26(33)27-23(22)19-11-5-6-12-21(19)34-3/h5-6,11-12,18,23H,4,7-10,13-17H2,1-3H3,(H,27,33). The predicted octanol–water partition coefficient (Wildman–Crippen LogP) is 2.54. The Bertz CT molecular complexity index is 990. The normalized spacial score (nSPS) is 21.8. The number of hydrogen-bond acceptors (Lipinski definition) is 6. The first-order valence-corrected chi connectivity index (χ1v) is 12.5. The Morgan fingerprint density at radius 2 is 1.86 bits per heavy atom. The number of carbonyl (C=O) groups is 3. The molecule has 4 rings (SSSR count). The van der Waals surface area contributed by atoms with E-state index in [-0.39, 0.29) is 24.5 Å². The summed E-state index contributed by atoms with van der Waals surface area (Å²) in [6.45, 7) is 5.28. The van der Waals surface area contributed by atoms with Gasteiger partial charge in [0.15, 0.2) is 0 Å². The molecule has 1 atom stereocenters. The lowest BCUT2D eigenvalue weighted by atomic mass is 9.84. The minimum Gasteiger partial charge on any atom is -0.496 e. The fourth-order valence-electron chi connectivity index (χ4n) is 5.01. The molecule has 0 aromatic heterocycles. The van der Waals surface area contributed by atoms with Gasteiger partial charge in [-0.25, -0.2) is 9.59 Å². The number of esters is 1. The number of methoxy groups -OCH3 is 1. The maximum atomic E-state index is 13.2. The van der Waals surface area contributed by atoms with Crippen LogP contribution in [0.5, 0.6) is 5.75 Å². The van der Waals surface area contributed by atoms with Gasteiger partial charge in [0.25, 0.3) is 0 Å². The number of carbonyl (C=O) groups excluding carboxylic acids is 3. The van der Waals surface area contributed by atoms with Gasteiger partial charge < -0.3 is 19.7 Å². The summed E-state index contributed by atoms with van der Waals surface area (Å²) >= 11 is 0. The highest BCUT2D eigenvalue weighted by Crippen LogP contribution is 2.36. The van der Waals surface area contributed by atoms with Gasteiger partial charge in [-0.05, 0) is 32.3 Å². The SMILES string of the molecule is CCOC(=O)C1=C(CN2CCCN(C(=O)C3CCC3)CC2)N(C)C(=O)NC1c1ccccc1OC. The highest BCUT2D eigenvalue weighted by atomic mass is 16.5. The predicted molar refractivity (Wildman–Crippen MR) is 131 cm³/mol. The van der Waals surface area contributed by atoms with Crippen molar-refractivity contribution in [1.82, 2.24) is 20.0 Å². The topological polar surface area (TPSA) is 91.4 Å². The van der Waals surface area contributed by atoms with Crippen LogP contribution in [-0.4, -0.2) is 86.1 Å². The minimum absolute atomic E-state index is 0.189. The third kappa shape index (κ3) is 5.29. The molecule has 3 aliphatic rings. The number of hydrogen-bond donors (Lipinski definition) is 1. The summed E-state index contributed by atoms with van der Waals surface area (Å²) in [5, 5.41) is 2.95. The molecule has 9 heteroatoms. The average molecular weight is 485 g/mol. The largest absolute Gasteiger partial charge is 0.496 e. The van der Waals surface area contributed by atoms with Crippen molar-refractivity contribution in [3.8, 4) is 5.75 Å². The molecule has 1 saturated carbocycles. The Kier molecular flexibility index (Phi) is 7.95. The molecule has 1 saturated heterocycles. The van der Waals surface area contributed by atoms with E-state index in [0.29, 0.717) is 42.2 Å². The van der Waals surface area contributed by atoms with Gasteiger partial charge in [0.05, 0.1) is 25.3 Å². The van der Waals surface area contributed by atoms with E-state index in [2.05, 4.69) is 10.2 Å². The lowest BCUT2D eigenvalue weighted by Crippen LogP contribution is -2.49. The molecule has 2 fully saturated rings. The second-order valence-corrected chi connectivity index (χ2v) is 9.35. The Morgan fingerprint density at radius 3 is 2.54 bits per heavy atom. The summed E-state index contributed by atoms with van der Waals surface area (Å²) in [6, 6.07) is 6.38. The maximum Gasteiger partial charge on any atom is 0.338 e. The van der Waals surface area contributed by atoms with Crippen LogP contribution < -0.4 is 10.1 Å². The Morgan fingerprint density at radius 1 is 1.09 bits per heavy atom. The molecule has 1 aromatic carbocycles. The van der Waals surface area contributed by atoms with Crippen LogP contribution >= 0.6 is 0 Å². The molecule has 9 nitrogen and oxygen atoms in total. The first-order valence-electron chi connectivity index (χ1n) is 12.5. The van der Waals surface area contributed by atoms with E-state index in [0.717, 1.165) is 38.8 Å². The van der Waals surface area contributed by atoms with Crippen LogP contribution in [0.25, 0.3) is 0 Å². The summed E-state index contributed by atoms with van der Waals surface area (Å²) in [5.41, 5.74) is 1.72. The summed E-state index contributed by atoms with van der Waals surface area (Å²) in [6.07, 6.45) is 3.99. The van der Waals surface area contributed by atoms with Crippen molar-refractivity contribution in [3.05, 3.63) is 41.1 Å². The zero-order chi connectivity index (χ0) is 24.9. The molecule has 2 heterocycles. The van der Waals surface area contributed by atoms with E-state index in [1.165, 1.54) is 4.90 Å². The van der Waals surface area contributed by atoms with Crippen LogP contribution in [0.4, 0.5) is 4.79 Å². The lowest BCUT2D eigenvalue weighted by Gasteiger charge is -2.37. The molecular formula is C26H36N4O5. The molecule has 0 spiro atoms. The van der Waals surface area contributed by atoms with Crippen LogP contribution in [0.15, 0.2) is 35.5 Å². The van der Waals surface area contributed by atoms with Crippen molar-refractivity contribution in [2.24, 2.45) is 5.92 Å². The number of nitrogens with zero attached hydrogens (tertiary/aromatic N) is 3. The number of likely N-dealkylation sites (N-methyl/N-ethyl adjacent to an activating group) is 1. The second-order valence-electron chi connectivity index (χ2n) is 9.35. The monoisotopic (exact) mass is 484 g/mol. The van der Waals surface area contributed by atoms with Gasteiger partial charge in [0, 0.05) is 56.9 Å². The number of ether oxygens (including phenoxy) is 2. The fourth-order valence-corrected chi connectivity index (χ4v) is 5.01. The zero-order valence-corrected chi connectivity index (χ0v) is 20.9. The molecular weight excluding hydrogens is 448 g/mol. The van der Waals surface area contributed by atoms with Gasteiger partial charge in [0.2, 0.25) is 5.91 Å². The van der Waals surface area contributed by atoms with Crippen molar-refractivity contribution in [3.63, 3.8) is 0 Å². The molecule has 1 aliphatic carbocycles. The lowest BCUT2D eigenvalue weighted by molar-refractivity contribution is -0.139. The van der Waals surface area contributed by atoms with Crippen molar-refractivity contribution in [2.75, 3.05) is 53.5 Å². The Labute approximate surface area is 207 Å². The summed E-state index contributed by atoms with van der Waals surface area (Å²) in [5.74, 6) is 0.592. The quantitative estimate of drug-likeness (QED) is 0.598. The van der Waals surface area contributed by atoms with Gasteiger partial charge in [0.1, 0.15) is 5.75 Å². The smallest absolute Gasteiger partial charge is 0.338 e. The molecule has 0 bridgehead atoms. The van der Waals surface area contributed by atoms with E-state index in [1.54, 1.807) is 21.1 Å². The van der Waals surface area contributed by atoms with Crippen molar-refractivity contribution in [2.45, 2.75) is 38.6 Å². The van der Waals surface area contributed by atoms with Gasteiger partial charge in [-0.2, -0.15) is 0 Å². The maximum absolute atomic E-state index is 13.2. The molecule has 0 radical (unpaired) electrons. The number of urea groups is 1. The van der Waals surface area contributed by atoms with Crippen LogP contribution in [0.3, 0.4) is 0 Å². The number of rotatable bonds is 7. The van der Waals surface area contributed by atoms with Crippen LogP contribution in [0, 0.1) is 5.92 Å². The number of benzene rings is 1. The number of amides is 3. The Balaban J connectivity index is 1.62. The van der Waals surface area contributed by atoms with Crippen LogP contribution in [0.1, 0.15) is 44.2 Å². The Hall–Kier alpha value is -3.07. The molecule has 1 unspecified atom stereocenters. The van der Waals surface area contributed by atoms with Gasteiger partial charge in [-0.1, -0.05) is 24.6 Å². The van der Waals surface area contributed by atoms with Crippen molar-refractivity contribution >= 4 is 17.9 Å². The highest BCUT2D eigenvalue weighted by Gasteiger charge is 2.39. The molecule has 1 aromatic rings. The van der Waals surface area contributed by atoms with E-state index in [9.17, 15) is 14.4 Å². The third-order valence-electron chi connectivity index (χ3n) is 7.25. The number of nitrogens with one attached hydrogen (secondary N) is 1. The zero-order valence-electron chi connectivity index (χ0n) is 20.9. The number of para-hydroxylation sites is 1. The first-order chi connectivity index (χ1) is 16.9. The third-order valence-corrected chi connectivity index (χ3v) is 7.25. The molecule has 3 amide bonds. The van der Waals surface area contributed by atoms with Crippen LogP contribution in [0.2, 0.25) is 0 Å². The fraction of sp³-hybridized carbons (Fsp3) is 0.577. The highest BCUT2D eigenvalue weighted by molar-refractivity contribution is 5.95. The summed E-state index contributed by atoms with van der Waals surface area (Å²) < 4.78 is 11.0. The molecule has 190 valence electrons.